The Kier molecular flexibility index (Phi) is 3.79. The lowest BCUT2D eigenvalue weighted by Gasteiger charge is -2.29. The number of nitrogens with one attached hydrogen (secondary N) is 1. The van der Waals surface area contributed by atoms with Crippen molar-refractivity contribution in [2.75, 3.05) is 19.8 Å². The van der Waals surface area contributed by atoms with Crippen molar-refractivity contribution >= 4 is 0 Å². The molecule has 1 atom stereocenters. The molecule has 0 amide bonds. The fraction of sp³-hybridized carbons (Fsp3) is 1.00. The summed E-state index contributed by atoms with van der Waals surface area (Å²) in [6, 6.07) is 0.749. The molecule has 1 aliphatic heterocycles. The highest BCUT2D eigenvalue weighted by Gasteiger charge is 2.22. The molecule has 3 heteroatoms. The van der Waals surface area contributed by atoms with Crippen LogP contribution >= 0.6 is 0 Å². The normalized spacial score (nSPS) is 26.4. The van der Waals surface area contributed by atoms with E-state index >= 15 is 0 Å². The van der Waals surface area contributed by atoms with Gasteiger partial charge in [-0.15, -0.1) is 0 Å². The van der Waals surface area contributed by atoms with Crippen molar-refractivity contribution < 1.29 is 9.47 Å². The first-order valence-corrected chi connectivity index (χ1v) is 5.81. The fourth-order valence-corrected chi connectivity index (χ4v) is 2.13. The van der Waals surface area contributed by atoms with Gasteiger partial charge in [-0.25, -0.2) is 0 Å². The molecular formula is C11H21NO2. The van der Waals surface area contributed by atoms with Gasteiger partial charge in [0.25, 0.3) is 0 Å². The lowest BCUT2D eigenvalue weighted by atomic mass is 10.2. The SMILES string of the molecule is CC(CNC1CCCC1)OC1COC1. The van der Waals surface area contributed by atoms with Crippen LogP contribution in [0.4, 0.5) is 0 Å². The van der Waals surface area contributed by atoms with Gasteiger partial charge < -0.3 is 14.8 Å². The summed E-state index contributed by atoms with van der Waals surface area (Å²) >= 11 is 0. The summed E-state index contributed by atoms with van der Waals surface area (Å²) < 4.78 is 10.8. The molecule has 2 rings (SSSR count). The van der Waals surface area contributed by atoms with E-state index in [4.69, 9.17) is 9.47 Å². The van der Waals surface area contributed by atoms with E-state index in [9.17, 15) is 0 Å². The molecule has 0 bridgehead atoms. The first kappa shape index (κ1) is 10.4. The van der Waals surface area contributed by atoms with Gasteiger partial charge in [-0.1, -0.05) is 12.8 Å². The summed E-state index contributed by atoms with van der Waals surface area (Å²) in [6.07, 6.45) is 6.16. The predicted molar refractivity (Wildman–Crippen MR) is 55.4 cm³/mol. The highest BCUT2D eigenvalue weighted by Crippen LogP contribution is 2.17. The van der Waals surface area contributed by atoms with Crippen LogP contribution in [0.3, 0.4) is 0 Å². The second kappa shape index (κ2) is 5.10. The van der Waals surface area contributed by atoms with Crippen LogP contribution in [-0.4, -0.2) is 38.0 Å². The molecule has 0 aromatic carbocycles. The molecule has 3 nitrogen and oxygen atoms in total. The molecule has 1 saturated carbocycles. The van der Waals surface area contributed by atoms with Crippen molar-refractivity contribution in [3.8, 4) is 0 Å². The van der Waals surface area contributed by atoms with Crippen LogP contribution in [-0.2, 0) is 9.47 Å². The lowest BCUT2D eigenvalue weighted by Crippen LogP contribution is -2.42. The highest BCUT2D eigenvalue weighted by atomic mass is 16.6. The van der Waals surface area contributed by atoms with Crippen molar-refractivity contribution in [1.29, 1.82) is 0 Å². The molecule has 1 aliphatic carbocycles. The average Bonchev–Trinajstić information content (AvgIpc) is 2.60. The quantitative estimate of drug-likeness (QED) is 0.724. The molecule has 0 aromatic heterocycles. The monoisotopic (exact) mass is 199 g/mol. The first-order chi connectivity index (χ1) is 6.84. The molecule has 0 spiro atoms. The number of hydrogen-bond acceptors (Lipinski definition) is 3. The van der Waals surface area contributed by atoms with Crippen molar-refractivity contribution in [3.05, 3.63) is 0 Å². The van der Waals surface area contributed by atoms with Gasteiger partial charge in [-0.05, 0) is 19.8 Å². The zero-order valence-electron chi connectivity index (χ0n) is 9.00. The lowest BCUT2D eigenvalue weighted by molar-refractivity contribution is -0.149. The maximum absolute atomic E-state index is 5.76. The van der Waals surface area contributed by atoms with E-state index in [2.05, 4.69) is 12.2 Å². The minimum absolute atomic E-state index is 0.324. The van der Waals surface area contributed by atoms with Gasteiger partial charge in [-0.3, -0.25) is 0 Å². The summed E-state index contributed by atoms with van der Waals surface area (Å²) in [5, 5.41) is 3.57. The maximum atomic E-state index is 5.76. The average molecular weight is 199 g/mol. The molecular weight excluding hydrogens is 178 g/mol. The van der Waals surface area contributed by atoms with Gasteiger partial charge in [-0.2, -0.15) is 0 Å². The molecule has 1 N–H and O–H groups in total. The maximum Gasteiger partial charge on any atom is 0.104 e. The fourth-order valence-electron chi connectivity index (χ4n) is 2.13. The van der Waals surface area contributed by atoms with Gasteiger partial charge in [0.2, 0.25) is 0 Å². The molecule has 2 fully saturated rings. The van der Waals surface area contributed by atoms with Crippen LogP contribution < -0.4 is 5.32 Å². The zero-order valence-corrected chi connectivity index (χ0v) is 9.00. The van der Waals surface area contributed by atoms with E-state index in [1.54, 1.807) is 0 Å². The minimum atomic E-state index is 0.324. The zero-order chi connectivity index (χ0) is 9.80. The topological polar surface area (TPSA) is 30.5 Å². The van der Waals surface area contributed by atoms with Crippen LogP contribution in [0, 0.1) is 0 Å². The predicted octanol–water partition coefficient (Wildman–Crippen LogP) is 1.32. The summed E-state index contributed by atoms with van der Waals surface area (Å²) in [7, 11) is 0. The highest BCUT2D eigenvalue weighted by molar-refractivity contribution is 4.75. The van der Waals surface area contributed by atoms with Gasteiger partial charge >= 0.3 is 0 Å². The van der Waals surface area contributed by atoms with Crippen molar-refractivity contribution in [3.63, 3.8) is 0 Å². The van der Waals surface area contributed by atoms with E-state index in [-0.39, 0.29) is 0 Å². The summed E-state index contributed by atoms with van der Waals surface area (Å²) in [5.74, 6) is 0. The molecule has 14 heavy (non-hydrogen) atoms. The Morgan fingerprint density at radius 2 is 2.07 bits per heavy atom. The van der Waals surface area contributed by atoms with E-state index in [0.29, 0.717) is 12.2 Å². The Morgan fingerprint density at radius 3 is 2.64 bits per heavy atom. The second-order valence-electron chi connectivity index (χ2n) is 4.50. The Bertz CT molecular complexity index is 165. The smallest absolute Gasteiger partial charge is 0.104 e. The number of rotatable bonds is 5. The third-order valence-electron chi connectivity index (χ3n) is 3.08. The van der Waals surface area contributed by atoms with Crippen molar-refractivity contribution in [2.45, 2.75) is 50.9 Å². The van der Waals surface area contributed by atoms with Gasteiger partial charge in [0.1, 0.15) is 6.10 Å². The molecule has 82 valence electrons. The van der Waals surface area contributed by atoms with Gasteiger partial charge in [0.15, 0.2) is 0 Å². The molecule has 1 unspecified atom stereocenters. The summed E-state index contributed by atoms with van der Waals surface area (Å²) in [5.41, 5.74) is 0. The molecule has 1 saturated heterocycles. The van der Waals surface area contributed by atoms with Crippen molar-refractivity contribution in [2.24, 2.45) is 0 Å². The van der Waals surface area contributed by atoms with Gasteiger partial charge in [0.05, 0.1) is 19.3 Å². The Morgan fingerprint density at radius 1 is 1.36 bits per heavy atom. The molecule has 0 radical (unpaired) electrons. The number of ether oxygens (including phenoxy) is 2. The van der Waals surface area contributed by atoms with Gasteiger partial charge in [0, 0.05) is 12.6 Å². The van der Waals surface area contributed by atoms with E-state index in [1.165, 1.54) is 25.7 Å². The third kappa shape index (κ3) is 2.94. The standard InChI is InChI=1S/C11H21NO2/c1-9(14-11-7-13-8-11)6-12-10-4-2-3-5-10/h9-12H,2-8H2,1H3. The van der Waals surface area contributed by atoms with Crippen LogP contribution in [0.2, 0.25) is 0 Å². The van der Waals surface area contributed by atoms with E-state index < -0.39 is 0 Å². The summed E-state index contributed by atoms with van der Waals surface area (Å²) in [4.78, 5) is 0. The Labute approximate surface area is 86.2 Å². The Balaban J connectivity index is 1.54. The van der Waals surface area contributed by atoms with E-state index in [1.807, 2.05) is 0 Å². The van der Waals surface area contributed by atoms with Crippen LogP contribution in [0.1, 0.15) is 32.6 Å². The largest absolute Gasteiger partial charge is 0.376 e. The molecule has 2 aliphatic rings. The second-order valence-corrected chi connectivity index (χ2v) is 4.50. The van der Waals surface area contributed by atoms with Crippen LogP contribution in [0.15, 0.2) is 0 Å². The molecule has 0 aromatic rings. The van der Waals surface area contributed by atoms with E-state index in [0.717, 1.165) is 25.8 Å². The van der Waals surface area contributed by atoms with Crippen LogP contribution in [0.5, 0.6) is 0 Å². The minimum Gasteiger partial charge on any atom is -0.376 e. The third-order valence-corrected chi connectivity index (χ3v) is 3.08. The van der Waals surface area contributed by atoms with Crippen molar-refractivity contribution in [1.82, 2.24) is 5.32 Å². The summed E-state index contributed by atoms with van der Waals surface area (Å²) in [6.45, 7) is 4.70. The number of hydrogen-bond donors (Lipinski definition) is 1. The first-order valence-electron chi connectivity index (χ1n) is 5.81. The molecule has 1 heterocycles. The van der Waals surface area contributed by atoms with Crippen LogP contribution in [0.25, 0.3) is 0 Å². The Hall–Kier alpha value is -0.120.